The molecule has 2 N–H and O–H groups in total. The van der Waals surface area contributed by atoms with E-state index in [1.807, 2.05) is 37.3 Å². The monoisotopic (exact) mass is 298 g/mol. The number of aromatic hydroxyl groups is 1. The Hall–Kier alpha value is -2.75. The van der Waals surface area contributed by atoms with E-state index >= 15 is 0 Å². The molecule has 0 saturated carbocycles. The fourth-order valence-electron chi connectivity index (χ4n) is 2.48. The average molecular weight is 298 g/mol. The Morgan fingerprint density at radius 3 is 2.45 bits per heavy atom. The maximum Gasteiger partial charge on any atom is 0.328 e. The molecule has 0 saturated heterocycles. The Morgan fingerprint density at radius 2 is 1.86 bits per heavy atom. The number of phenols is 1. The van der Waals surface area contributed by atoms with E-state index in [0.29, 0.717) is 11.3 Å². The third-order valence-electron chi connectivity index (χ3n) is 3.55. The van der Waals surface area contributed by atoms with Crippen molar-refractivity contribution in [3.63, 3.8) is 0 Å². The molecule has 0 aromatic heterocycles. The van der Waals surface area contributed by atoms with Crippen LogP contribution in [0.4, 0.5) is 0 Å². The molecule has 4 nitrogen and oxygen atoms in total. The van der Waals surface area contributed by atoms with Crippen LogP contribution in [-0.4, -0.2) is 23.3 Å². The lowest BCUT2D eigenvalue weighted by Gasteiger charge is -2.20. The zero-order valence-electron chi connectivity index (χ0n) is 12.5. The normalized spacial score (nSPS) is 12.3. The van der Waals surface area contributed by atoms with Gasteiger partial charge in [-0.1, -0.05) is 43.3 Å². The third-order valence-corrected chi connectivity index (χ3v) is 3.55. The van der Waals surface area contributed by atoms with Crippen LogP contribution in [0.3, 0.4) is 0 Å². The summed E-state index contributed by atoms with van der Waals surface area (Å²) >= 11 is 0. The summed E-state index contributed by atoms with van der Waals surface area (Å²) in [5.74, 6) is -0.682. The number of phenolic OH excluding ortho intramolecular Hbond substituents is 1. The van der Waals surface area contributed by atoms with Gasteiger partial charge in [-0.3, -0.25) is 0 Å². The summed E-state index contributed by atoms with van der Waals surface area (Å²) in [6.45, 7) is 1.99. The van der Waals surface area contributed by atoms with Crippen LogP contribution in [0.25, 0.3) is 6.08 Å². The standard InChI is InChI=1S/C18H18O4/c1-12(13-6-4-3-5-7-13)17-14(9-11-16(20)21)8-10-15(19)18(17)22-2/h3-12,19H,1-2H3,(H,20,21). The SMILES string of the molecule is COc1c(O)ccc(C=CC(=O)O)c1C(C)c1ccccc1. The molecule has 0 aliphatic heterocycles. The van der Waals surface area contributed by atoms with Crippen molar-refractivity contribution >= 4 is 12.0 Å². The Morgan fingerprint density at radius 1 is 1.18 bits per heavy atom. The Labute approximate surface area is 129 Å². The van der Waals surface area contributed by atoms with Crippen molar-refractivity contribution in [3.05, 3.63) is 65.2 Å². The molecule has 0 radical (unpaired) electrons. The Kier molecular flexibility index (Phi) is 4.84. The van der Waals surface area contributed by atoms with Crippen LogP contribution in [-0.2, 0) is 4.79 Å². The van der Waals surface area contributed by atoms with E-state index < -0.39 is 5.97 Å². The van der Waals surface area contributed by atoms with Gasteiger partial charge in [0.2, 0.25) is 0 Å². The number of ether oxygens (including phenoxy) is 1. The van der Waals surface area contributed by atoms with Gasteiger partial charge >= 0.3 is 5.97 Å². The first-order chi connectivity index (χ1) is 10.5. The van der Waals surface area contributed by atoms with Crippen molar-refractivity contribution < 1.29 is 19.7 Å². The van der Waals surface area contributed by atoms with Gasteiger partial charge in [-0.15, -0.1) is 0 Å². The van der Waals surface area contributed by atoms with Crippen LogP contribution in [0.5, 0.6) is 11.5 Å². The van der Waals surface area contributed by atoms with Crippen molar-refractivity contribution in [1.29, 1.82) is 0 Å². The van der Waals surface area contributed by atoms with Gasteiger partial charge in [-0.05, 0) is 23.3 Å². The molecule has 2 aromatic rings. The predicted molar refractivity (Wildman–Crippen MR) is 85.3 cm³/mol. The van der Waals surface area contributed by atoms with Crippen LogP contribution in [0.2, 0.25) is 0 Å². The van der Waals surface area contributed by atoms with E-state index in [4.69, 9.17) is 9.84 Å². The molecule has 0 aliphatic carbocycles. The van der Waals surface area contributed by atoms with Crippen LogP contribution in [0, 0.1) is 0 Å². The summed E-state index contributed by atoms with van der Waals surface area (Å²) in [7, 11) is 1.49. The number of hydrogen-bond acceptors (Lipinski definition) is 3. The van der Waals surface area contributed by atoms with Crippen molar-refractivity contribution in [2.24, 2.45) is 0 Å². The minimum absolute atomic E-state index is 0.0350. The van der Waals surface area contributed by atoms with Gasteiger partial charge in [0.15, 0.2) is 11.5 Å². The van der Waals surface area contributed by atoms with E-state index in [2.05, 4.69) is 0 Å². The lowest BCUT2D eigenvalue weighted by Crippen LogP contribution is -2.03. The van der Waals surface area contributed by atoms with E-state index in [9.17, 15) is 9.90 Å². The van der Waals surface area contributed by atoms with Gasteiger partial charge in [0, 0.05) is 17.6 Å². The second-order valence-corrected chi connectivity index (χ2v) is 4.92. The first kappa shape index (κ1) is 15.6. The maximum atomic E-state index is 10.8. The molecule has 0 aliphatic rings. The van der Waals surface area contributed by atoms with Crippen LogP contribution in [0.1, 0.15) is 29.5 Å². The molecular formula is C18H18O4. The Bertz CT molecular complexity index is 690. The highest BCUT2D eigenvalue weighted by molar-refractivity contribution is 5.86. The highest BCUT2D eigenvalue weighted by Gasteiger charge is 2.19. The average Bonchev–Trinajstić information content (AvgIpc) is 2.53. The molecule has 0 bridgehead atoms. The molecule has 1 unspecified atom stereocenters. The highest BCUT2D eigenvalue weighted by Crippen LogP contribution is 2.40. The molecule has 4 heteroatoms. The molecule has 0 fully saturated rings. The number of rotatable bonds is 5. The largest absolute Gasteiger partial charge is 0.504 e. The van der Waals surface area contributed by atoms with Crippen LogP contribution >= 0.6 is 0 Å². The molecule has 2 aromatic carbocycles. The number of aliphatic carboxylic acids is 1. The zero-order chi connectivity index (χ0) is 16.1. The highest BCUT2D eigenvalue weighted by atomic mass is 16.5. The van der Waals surface area contributed by atoms with Gasteiger partial charge in [0.1, 0.15) is 0 Å². The fourth-order valence-corrected chi connectivity index (χ4v) is 2.48. The first-order valence-electron chi connectivity index (χ1n) is 6.90. The van der Waals surface area contributed by atoms with Crippen molar-refractivity contribution in [1.82, 2.24) is 0 Å². The van der Waals surface area contributed by atoms with Gasteiger partial charge in [0.25, 0.3) is 0 Å². The smallest absolute Gasteiger partial charge is 0.328 e. The minimum atomic E-state index is -1.02. The predicted octanol–water partition coefficient (Wildman–Crippen LogP) is 3.65. The molecule has 0 amide bonds. The van der Waals surface area contributed by atoms with E-state index in [1.165, 1.54) is 19.3 Å². The molecule has 22 heavy (non-hydrogen) atoms. The lowest BCUT2D eigenvalue weighted by atomic mass is 9.88. The minimum Gasteiger partial charge on any atom is -0.504 e. The van der Waals surface area contributed by atoms with E-state index in [1.54, 1.807) is 6.07 Å². The topological polar surface area (TPSA) is 66.8 Å². The van der Waals surface area contributed by atoms with E-state index in [0.717, 1.165) is 17.2 Å². The van der Waals surface area contributed by atoms with Gasteiger partial charge in [-0.2, -0.15) is 0 Å². The molecule has 1 atom stereocenters. The van der Waals surface area contributed by atoms with Gasteiger partial charge in [0.05, 0.1) is 7.11 Å². The summed E-state index contributed by atoms with van der Waals surface area (Å²) < 4.78 is 5.33. The summed E-state index contributed by atoms with van der Waals surface area (Å²) in [4.78, 5) is 10.8. The second kappa shape index (κ2) is 6.80. The maximum absolute atomic E-state index is 10.8. The summed E-state index contributed by atoms with van der Waals surface area (Å²) in [6, 6.07) is 13.0. The van der Waals surface area contributed by atoms with Crippen LogP contribution < -0.4 is 4.74 Å². The van der Waals surface area contributed by atoms with Crippen molar-refractivity contribution in [3.8, 4) is 11.5 Å². The van der Waals surface area contributed by atoms with Crippen LogP contribution in [0.15, 0.2) is 48.5 Å². The zero-order valence-corrected chi connectivity index (χ0v) is 12.5. The summed E-state index contributed by atoms with van der Waals surface area (Å²) in [5, 5.41) is 18.9. The molecular weight excluding hydrogens is 280 g/mol. The lowest BCUT2D eigenvalue weighted by molar-refractivity contribution is -0.131. The number of carboxylic acids is 1. The van der Waals surface area contributed by atoms with Gasteiger partial charge < -0.3 is 14.9 Å². The van der Waals surface area contributed by atoms with E-state index in [-0.39, 0.29) is 11.7 Å². The van der Waals surface area contributed by atoms with Gasteiger partial charge in [-0.25, -0.2) is 4.79 Å². The molecule has 114 valence electrons. The number of methoxy groups -OCH3 is 1. The van der Waals surface area contributed by atoms with Crippen molar-refractivity contribution in [2.45, 2.75) is 12.8 Å². The number of hydrogen-bond donors (Lipinski definition) is 2. The Balaban J connectivity index is 2.60. The first-order valence-corrected chi connectivity index (χ1v) is 6.90. The second-order valence-electron chi connectivity index (χ2n) is 4.92. The number of carboxylic acid groups (broad SMARTS) is 1. The number of carbonyl (C=O) groups is 1. The molecule has 0 heterocycles. The summed E-state index contributed by atoms with van der Waals surface area (Å²) in [6.07, 6.45) is 2.59. The fraction of sp³-hybridized carbons (Fsp3) is 0.167. The quantitative estimate of drug-likeness (QED) is 0.827. The van der Waals surface area contributed by atoms with Crippen molar-refractivity contribution in [2.75, 3.05) is 7.11 Å². The molecule has 2 rings (SSSR count). The summed E-state index contributed by atoms with van der Waals surface area (Å²) in [5.41, 5.74) is 2.51. The number of benzene rings is 2. The molecule has 0 spiro atoms. The third kappa shape index (κ3) is 3.28.